The third-order valence-corrected chi connectivity index (χ3v) is 8.52. The fourth-order valence-electron chi connectivity index (χ4n) is 4.14. The minimum absolute atomic E-state index is 0.0935. The van der Waals surface area contributed by atoms with E-state index in [-0.39, 0.29) is 18.0 Å². The average molecular weight is 494 g/mol. The van der Waals surface area contributed by atoms with Gasteiger partial charge in [0.25, 0.3) is 0 Å². The van der Waals surface area contributed by atoms with Crippen LogP contribution in [0.15, 0.2) is 65.7 Å². The van der Waals surface area contributed by atoms with Gasteiger partial charge < -0.3 is 5.32 Å². The van der Waals surface area contributed by atoms with E-state index in [9.17, 15) is 13.2 Å². The molecule has 0 saturated carbocycles. The minimum atomic E-state index is -3.94. The lowest BCUT2D eigenvalue weighted by molar-refractivity contribution is -0.116. The van der Waals surface area contributed by atoms with Gasteiger partial charge in [0.2, 0.25) is 15.9 Å². The Morgan fingerprint density at radius 2 is 1.62 bits per heavy atom. The molecule has 4 aromatic rings. The Labute approximate surface area is 204 Å². The van der Waals surface area contributed by atoms with E-state index in [1.54, 1.807) is 26.1 Å². The zero-order valence-electron chi connectivity index (χ0n) is 19.6. The van der Waals surface area contributed by atoms with Gasteiger partial charge in [-0.1, -0.05) is 47.5 Å². The third kappa shape index (κ3) is 5.19. The molecule has 0 atom stereocenters. The number of fused-ring (bicyclic) bond motifs is 1. The van der Waals surface area contributed by atoms with Crippen molar-refractivity contribution >= 4 is 43.2 Å². The molecule has 4 rings (SSSR count). The first-order valence-corrected chi connectivity index (χ1v) is 13.1. The van der Waals surface area contributed by atoms with Crippen molar-refractivity contribution in [2.24, 2.45) is 0 Å². The van der Waals surface area contributed by atoms with Gasteiger partial charge >= 0.3 is 0 Å². The van der Waals surface area contributed by atoms with Crippen molar-refractivity contribution < 1.29 is 13.2 Å². The fourth-order valence-corrected chi connectivity index (χ4v) is 6.56. The number of rotatable bonds is 7. The maximum absolute atomic E-state index is 13.8. The number of carbonyl (C=O) groups excluding carboxylic acids is 1. The summed E-state index contributed by atoms with van der Waals surface area (Å²) in [4.78, 5) is 13.3. The van der Waals surface area contributed by atoms with Crippen LogP contribution in [0.25, 0.3) is 10.1 Å². The highest BCUT2D eigenvalue weighted by atomic mass is 32.2. The number of nitrogens with zero attached hydrogens (tertiary/aromatic N) is 2. The summed E-state index contributed by atoms with van der Waals surface area (Å²) in [5.41, 5.74) is 4.84. The van der Waals surface area contributed by atoms with Crippen LogP contribution in [0.1, 0.15) is 27.8 Å². The molecule has 0 saturated heterocycles. The van der Waals surface area contributed by atoms with Crippen molar-refractivity contribution in [3.8, 4) is 0 Å². The number of hydrogen-bond donors (Lipinski definition) is 1. The molecule has 3 aromatic carbocycles. The van der Waals surface area contributed by atoms with Crippen LogP contribution >= 0.6 is 11.5 Å². The van der Waals surface area contributed by atoms with Crippen molar-refractivity contribution in [3.63, 3.8) is 0 Å². The third-order valence-electron chi connectivity index (χ3n) is 5.64. The minimum Gasteiger partial charge on any atom is -0.325 e. The van der Waals surface area contributed by atoms with E-state index in [2.05, 4.69) is 9.69 Å². The summed E-state index contributed by atoms with van der Waals surface area (Å²) >= 11 is 1.38. The second-order valence-electron chi connectivity index (χ2n) is 8.61. The van der Waals surface area contributed by atoms with Gasteiger partial charge in [0.1, 0.15) is 0 Å². The molecule has 0 spiro atoms. The van der Waals surface area contributed by atoms with Crippen LogP contribution in [0, 0.1) is 27.7 Å². The molecule has 34 heavy (non-hydrogen) atoms. The van der Waals surface area contributed by atoms with E-state index in [1.807, 2.05) is 62.4 Å². The quantitative estimate of drug-likeness (QED) is 0.376. The molecule has 6 nitrogen and oxygen atoms in total. The van der Waals surface area contributed by atoms with Crippen LogP contribution in [-0.4, -0.2) is 29.5 Å². The summed E-state index contributed by atoms with van der Waals surface area (Å²) in [6.07, 6.45) is 1.74. The Morgan fingerprint density at radius 1 is 0.941 bits per heavy atom. The zero-order valence-corrected chi connectivity index (χ0v) is 21.3. The number of hydrogen-bond acceptors (Lipinski definition) is 5. The lowest BCUT2D eigenvalue weighted by atomic mass is 10.1. The maximum Gasteiger partial charge on any atom is 0.244 e. The van der Waals surface area contributed by atoms with E-state index in [1.165, 1.54) is 15.8 Å². The molecule has 1 heterocycles. The van der Waals surface area contributed by atoms with Gasteiger partial charge in [0.15, 0.2) is 0 Å². The Bertz CT molecular complexity index is 1440. The smallest absolute Gasteiger partial charge is 0.244 e. The summed E-state index contributed by atoms with van der Waals surface area (Å²) in [5.74, 6) is -0.402. The topological polar surface area (TPSA) is 79.4 Å². The van der Waals surface area contributed by atoms with Crippen molar-refractivity contribution in [2.75, 3.05) is 11.9 Å². The highest BCUT2D eigenvalue weighted by molar-refractivity contribution is 7.89. The van der Waals surface area contributed by atoms with E-state index in [4.69, 9.17) is 0 Å². The number of sulfonamides is 1. The average Bonchev–Trinajstić information content (AvgIpc) is 3.21. The molecule has 8 heteroatoms. The molecule has 0 radical (unpaired) electrons. The van der Waals surface area contributed by atoms with Crippen LogP contribution in [0.4, 0.5) is 5.69 Å². The van der Waals surface area contributed by atoms with Gasteiger partial charge in [-0.15, -0.1) is 0 Å². The van der Waals surface area contributed by atoms with Crippen molar-refractivity contribution in [3.05, 3.63) is 88.6 Å². The summed E-state index contributed by atoms with van der Waals surface area (Å²) in [6, 6.07) is 16.9. The molecule has 0 fully saturated rings. The Morgan fingerprint density at radius 3 is 2.29 bits per heavy atom. The number of amides is 1. The molecule has 0 aliphatic carbocycles. The summed E-state index contributed by atoms with van der Waals surface area (Å²) in [7, 11) is -3.94. The highest BCUT2D eigenvalue weighted by Crippen LogP contribution is 2.27. The molecule has 176 valence electrons. The molecular formula is C26H27N3O3S2. The standard InChI is InChI=1S/C26H27N3O3S2/c1-17-5-7-21(8-6-17)15-29(34(31,32)26-19(3)11-18(2)12-20(26)4)16-25(30)28-23-9-10-24-22(13-23)14-27-33-24/h5-14H,15-16H2,1-4H3,(H,28,30). The molecular weight excluding hydrogens is 466 g/mol. The first-order chi connectivity index (χ1) is 16.1. The van der Waals surface area contributed by atoms with E-state index < -0.39 is 15.9 Å². The molecule has 1 aromatic heterocycles. The largest absolute Gasteiger partial charge is 0.325 e. The number of nitrogens with one attached hydrogen (secondary N) is 1. The first kappa shape index (κ1) is 24.1. The van der Waals surface area contributed by atoms with Crippen molar-refractivity contribution in [1.82, 2.24) is 8.68 Å². The summed E-state index contributed by atoms with van der Waals surface area (Å²) in [5, 5.41) is 3.77. The van der Waals surface area contributed by atoms with Crippen LogP contribution in [0.5, 0.6) is 0 Å². The van der Waals surface area contributed by atoms with Crippen molar-refractivity contribution in [2.45, 2.75) is 39.1 Å². The second-order valence-corrected chi connectivity index (χ2v) is 11.3. The first-order valence-electron chi connectivity index (χ1n) is 10.9. The van der Waals surface area contributed by atoms with Crippen molar-refractivity contribution in [1.29, 1.82) is 0 Å². The Kier molecular flexibility index (Phi) is 6.84. The number of anilines is 1. The normalized spacial score (nSPS) is 11.8. The second kappa shape index (κ2) is 9.66. The predicted molar refractivity (Wildman–Crippen MR) is 138 cm³/mol. The van der Waals surface area contributed by atoms with Gasteiger partial charge in [0, 0.05) is 23.8 Å². The monoisotopic (exact) mass is 493 g/mol. The molecule has 0 aliphatic heterocycles. The Balaban J connectivity index is 1.65. The number of benzene rings is 3. The van der Waals surface area contributed by atoms with Crippen LogP contribution in [0.2, 0.25) is 0 Å². The molecule has 1 N–H and O–H groups in total. The van der Waals surface area contributed by atoms with Gasteiger partial charge in [-0.25, -0.2) is 8.42 Å². The van der Waals surface area contributed by atoms with E-state index in [0.29, 0.717) is 16.8 Å². The lowest BCUT2D eigenvalue weighted by Crippen LogP contribution is -2.38. The zero-order chi connectivity index (χ0) is 24.5. The van der Waals surface area contributed by atoms with Gasteiger partial charge in [-0.05, 0) is 74.1 Å². The maximum atomic E-state index is 13.8. The number of aryl methyl sites for hydroxylation is 4. The van der Waals surface area contributed by atoms with Crippen LogP contribution in [-0.2, 0) is 21.4 Å². The molecule has 0 unspecified atom stereocenters. The SMILES string of the molecule is Cc1ccc(CN(CC(=O)Nc2ccc3sncc3c2)S(=O)(=O)c2c(C)cc(C)cc2C)cc1. The predicted octanol–water partition coefficient (Wildman–Crippen LogP) is 5.36. The van der Waals surface area contributed by atoms with E-state index >= 15 is 0 Å². The van der Waals surface area contributed by atoms with Crippen LogP contribution < -0.4 is 5.32 Å². The summed E-state index contributed by atoms with van der Waals surface area (Å²) in [6.45, 7) is 7.29. The number of carbonyl (C=O) groups is 1. The van der Waals surface area contributed by atoms with E-state index in [0.717, 1.165) is 26.8 Å². The number of aromatic nitrogens is 1. The Hall–Kier alpha value is -3.07. The van der Waals surface area contributed by atoms with Gasteiger partial charge in [0.05, 0.1) is 16.1 Å². The molecule has 0 aliphatic rings. The summed E-state index contributed by atoms with van der Waals surface area (Å²) < 4.78 is 34.1. The fraction of sp³-hybridized carbons (Fsp3) is 0.231. The van der Waals surface area contributed by atoms with Gasteiger partial charge in [-0.3, -0.25) is 4.79 Å². The molecule has 0 bridgehead atoms. The van der Waals surface area contributed by atoms with Crippen LogP contribution in [0.3, 0.4) is 0 Å². The lowest BCUT2D eigenvalue weighted by Gasteiger charge is -2.24. The highest BCUT2D eigenvalue weighted by Gasteiger charge is 2.30. The molecule has 1 amide bonds. The van der Waals surface area contributed by atoms with Gasteiger partial charge in [-0.2, -0.15) is 8.68 Å².